The van der Waals surface area contributed by atoms with E-state index in [1.54, 1.807) is 13.3 Å². The second-order valence-corrected chi connectivity index (χ2v) is 8.88. The first-order valence-electron chi connectivity index (χ1n) is 11.5. The van der Waals surface area contributed by atoms with Crippen molar-refractivity contribution < 1.29 is 19.3 Å². The first-order chi connectivity index (χ1) is 16.4. The number of ether oxygens (including phenoxy) is 1. The number of allylic oxidation sites excluding steroid dienone is 2. The lowest BCUT2D eigenvalue weighted by atomic mass is 9.91. The number of pyridine rings is 1. The number of aliphatic hydroxyl groups is 2. The number of nitrogens with two attached hydrogens (primary N) is 1. The van der Waals surface area contributed by atoms with Crippen molar-refractivity contribution in [2.45, 2.75) is 43.9 Å². The summed E-state index contributed by atoms with van der Waals surface area (Å²) in [6.45, 7) is 5.11. The molecule has 0 bridgehead atoms. The Labute approximate surface area is 206 Å². The molecule has 8 nitrogen and oxygen atoms in total. The minimum Gasteiger partial charge on any atom is -0.396 e. The van der Waals surface area contributed by atoms with Crippen molar-refractivity contribution in [2.24, 2.45) is 16.6 Å². The third-order valence-electron chi connectivity index (χ3n) is 5.82. The summed E-state index contributed by atoms with van der Waals surface area (Å²) >= 11 is 6.31. The van der Waals surface area contributed by atoms with Gasteiger partial charge in [0.1, 0.15) is 11.7 Å². The van der Waals surface area contributed by atoms with E-state index in [2.05, 4.69) is 27.2 Å². The van der Waals surface area contributed by atoms with Gasteiger partial charge in [-0.05, 0) is 43.4 Å². The van der Waals surface area contributed by atoms with Crippen LogP contribution in [0, 0.1) is 5.92 Å². The number of rotatable bonds is 14. The Morgan fingerprint density at radius 3 is 2.68 bits per heavy atom. The molecule has 1 fully saturated rings. The number of aromatic nitrogens is 1. The zero-order valence-electron chi connectivity index (χ0n) is 19.7. The molecule has 1 heterocycles. The first kappa shape index (κ1) is 28.2. The summed E-state index contributed by atoms with van der Waals surface area (Å²) in [6, 6.07) is 2.64. The number of hydrogen-bond acceptors (Lipinski definition) is 7. The zero-order valence-corrected chi connectivity index (χ0v) is 20.5. The maximum atomic E-state index is 14.4. The fourth-order valence-corrected chi connectivity index (χ4v) is 3.89. The molecule has 34 heavy (non-hydrogen) atoms. The predicted molar refractivity (Wildman–Crippen MR) is 136 cm³/mol. The monoisotopic (exact) mass is 497 g/mol. The van der Waals surface area contributed by atoms with Gasteiger partial charge in [0.2, 0.25) is 0 Å². The summed E-state index contributed by atoms with van der Waals surface area (Å²) in [5.74, 6) is 0.00122. The summed E-state index contributed by atoms with van der Waals surface area (Å²) in [5.41, 5.74) is 6.84. The molecule has 2 rings (SSSR count). The van der Waals surface area contributed by atoms with Crippen molar-refractivity contribution in [2.75, 3.05) is 45.3 Å². The maximum Gasteiger partial charge on any atom is 0.175 e. The Kier molecular flexibility index (Phi) is 12.5. The Morgan fingerprint density at radius 2 is 2.03 bits per heavy atom. The topological polar surface area (TPSA) is 125 Å². The summed E-state index contributed by atoms with van der Waals surface area (Å²) in [7, 11) is 1.70. The Morgan fingerprint density at radius 1 is 1.35 bits per heavy atom. The van der Waals surface area contributed by atoms with Crippen molar-refractivity contribution in [3.63, 3.8) is 0 Å². The number of anilines is 1. The number of amidine groups is 1. The lowest BCUT2D eigenvalue weighted by molar-refractivity contribution is 0.155. The van der Waals surface area contributed by atoms with Crippen LogP contribution in [0.1, 0.15) is 31.2 Å². The molecule has 10 heteroatoms. The van der Waals surface area contributed by atoms with Crippen LogP contribution in [0.4, 0.5) is 10.2 Å². The normalized spacial score (nSPS) is 20.1. The fourth-order valence-electron chi connectivity index (χ4n) is 3.66. The van der Waals surface area contributed by atoms with Crippen LogP contribution in [-0.4, -0.2) is 79.3 Å². The van der Waals surface area contributed by atoms with Gasteiger partial charge < -0.3 is 31.3 Å². The van der Waals surface area contributed by atoms with E-state index in [0.717, 1.165) is 32.2 Å². The van der Waals surface area contributed by atoms with Crippen LogP contribution in [0.15, 0.2) is 36.0 Å². The fraction of sp³-hybridized carbons (Fsp3) is 0.583. The number of nitrogens with zero attached hydrogens (tertiary/aromatic N) is 2. The molecule has 0 spiro atoms. The number of nitrogens with one attached hydrogen (secondary N) is 2. The molecule has 1 unspecified atom stereocenters. The van der Waals surface area contributed by atoms with Gasteiger partial charge in [0.25, 0.3) is 0 Å². The van der Waals surface area contributed by atoms with Gasteiger partial charge in [-0.2, -0.15) is 0 Å². The molecule has 1 aromatic heterocycles. The van der Waals surface area contributed by atoms with Gasteiger partial charge in [-0.25, -0.2) is 9.37 Å². The number of alkyl halides is 1. The van der Waals surface area contributed by atoms with Crippen molar-refractivity contribution >= 4 is 28.8 Å². The van der Waals surface area contributed by atoms with E-state index in [4.69, 9.17) is 32.3 Å². The van der Waals surface area contributed by atoms with Crippen molar-refractivity contribution in [3.05, 3.63) is 41.6 Å². The van der Waals surface area contributed by atoms with E-state index in [1.165, 1.54) is 12.2 Å². The van der Waals surface area contributed by atoms with Crippen LogP contribution in [0.3, 0.4) is 0 Å². The first-order valence-corrected chi connectivity index (χ1v) is 11.9. The maximum absolute atomic E-state index is 14.4. The summed E-state index contributed by atoms with van der Waals surface area (Å²) in [6.07, 6.45) is 6.90. The largest absolute Gasteiger partial charge is 0.396 e. The smallest absolute Gasteiger partial charge is 0.175 e. The highest BCUT2D eigenvalue weighted by Gasteiger charge is 2.21. The number of aliphatic hydroxyl groups excluding tert-OH is 2. The molecule has 0 radical (unpaired) electrons. The van der Waals surface area contributed by atoms with Gasteiger partial charge in [-0.15, -0.1) is 0 Å². The van der Waals surface area contributed by atoms with E-state index in [1.807, 2.05) is 6.07 Å². The molecular weight excluding hydrogens is 461 g/mol. The van der Waals surface area contributed by atoms with Crippen molar-refractivity contribution in [1.29, 1.82) is 0 Å². The van der Waals surface area contributed by atoms with Crippen LogP contribution in [-0.2, 0) is 4.74 Å². The molecule has 0 saturated heterocycles. The molecule has 6 N–H and O–H groups in total. The molecule has 0 aromatic carbocycles. The van der Waals surface area contributed by atoms with E-state index in [-0.39, 0.29) is 25.6 Å². The average molecular weight is 498 g/mol. The number of methoxy groups -OCH3 is 1. The highest BCUT2D eigenvalue weighted by molar-refractivity contribution is 6.32. The molecule has 1 atom stereocenters. The number of hydrogen-bond donors (Lipinski definition) is 5. The lowest BCUT2D eigenvalue weighted by Gasteiger charge is -2.30. The minimum absolute atomic E-state index is 0.0460. The molecule has 0 aliphatic heterocycles. The molecule has 1 saturated carbocycles. The van der Waals surface area contributed by atoms with Gasteiger partial charge in [-0.1, -0.05) is 24.3 Å². The lowest BCUT2D eigenvalue weighted by Crippen LogP contribution is -2.38. The Balaban J connectivity index is 1.92. The minimum atomic E-state index is -1.62. The van der Waals surface area contributed by atoms with Gasteiger partial charge in [0.05, 0.1) is 11.6 Å². The Bertz CT molecular complexity index is 827. The highest BCUT2D eigenvalue weighted by atomic mass is 35.5. The van der Waals surface area contributed by atoms with E-state index >= 15 is 0 Å². The van der Waals surface area contributed by atoms with Crippen LogP contribution in [0.25, 0.3) is 5.57 Å². The van der Waals surface area contributed by atoms with Gasteiger partial charge >= 0.3 is 0 Å². The summed E-state index contributed by atoms with van der Waals surface area (Å²) < 4.78 is 19.5. The molecular formula is C24H37ClFN5O3. The van der Waals surface area contributed by atoms with Crippen molar-refractivity contribution in [1.82, 2.24) is 10.3 Å². The number of aliphatic imine (C=N–C) groups is 1. The average Bonchev–Trinajstić information content (AvgIpc) is 2.85. The molecule has 190 valence electrons. The van der Waals surface area contributed by atoms with Gasteiger partial charge in [0.15, 0.2) is 6.17 Å². The second kappa shape index (κ2) is 15.1. The predicted octanol–water partition coefficient (Wildman–Crippen LogP) is 2.56. The van der Waals surface area contributed by atoms with Crippen molar-refractivity contribution in [3.8, 4) is 0 Å². The second-order valence-electron chi connectivity index (χ2n) is 8.47. The van der Waals surface area contributed by atoms with Crippen LogP contribution < -0.4 is 16.4 Å². The zero-order chi connectivity index (χ0) is 24.9. The highest BCUT2D eigenvalue weighted by Crippen LogP contribution is 2.27. The molecule has 1 aliphatic rings. The SMILES string of the molecule is C=C(/C=C\C(F)C(N)=NCC(CO)CO)c1cc(NC2CCC(NCCOC)CC2)ncc1Cl. The standard InChI is InChI=1S/C24H37ClFN5O3/c1-16(3-8-22(26)24(27)30-12-17(14-32)15-33)20-11-23(29-13-21(20)25)31-19-6-4-18(5-7-19)28-9-10-34-2/h3,8,11,13,17-19,22,28,32-33H,1,4-7,9-10,12,14-15H2,2H3,(H2,27,30)(H,29,31)/b8-3-. The quantitative estimate of drug-likeness (QED) is 0.116. The van der Waals surface area contributed by atoms with E-state index in [0.29, 0.717) is 40.7 Å². The van der Waals surface area contributed by atoms with Gasteiger partial charge in [-0.3, -0.25) is 4.99 Å². The third-order valence-corrected chi connectivity index (χ3v) is 6.12. The Hall–Kier alpha value is -2.04. The van der Waals surface area contributed by atoms with E-state index in [9.17, 15) is 4.39 Å². The van der Waals surface area contributed by atoms with Crippen LogP contribution >= 0.6 is 11.6 Å². The van der Waals surface area contributed by atoms with Crippen LogP contribution in [0.5, 0.6) is 0 Å². The van der Waals surface area contributed by atoms with E-state index < -0.39 is 12.1 Å². The molecule has 1 aliphatic carbocycles. The number of halogens is 2. The molecule has 1 aromatic rings. The third kappa shape index (κ3) is 9.31. The van der Waals surface area contributed by atoms with Gasteiger partial charge in [0, 0.05) is 63.2 Å². The summed E-state index contributed by atoms with van der Waals surface area (Å²) in [4.78, 5) is 8.28. The summed E-state index contributed by atoms with van der Waals surface area (Å²) in [5, 5.41) is 25.5. The van der Waals surface area contributed by atoms with Crippen LogP contribution in [0.2, 0.25) is 5.02 Å². The molecule has 0 amide bonds.